The summed E-state index contributed by atoms with van der Waals surface area (Å²) in [6.45, 7) is 2.91. The van der Waals surface area contributed by atoms with Crippen LogP contribution < -0.4 is 10.6 Å². The number of rotatable bonds is 4. The van der Waals surface area contributed by atoms with Crippen molar-refractivity contribution in [1.29, 1.82) is 0 Å². The van der Waals surface area contributed by atoms with Crippen molar-refractivity contribution >= 4 is 23.4 Å². The van der Waals surface area contributed by atoms with Gasteiger partial charge in [-0.05, 0) is 36.3 Å². The maximum Gasteiger partial charge on any atom is 0.413 e. The number of amides is 1. The van der Waals surface area contributed by atoms with Crippen LogP contribution >= 0.6 is 11.3 Å². The van der Waals surface area contributed by atoms with Gasteiger partial charge in [0.2, 0.25) is 5.96 Å². The third-order valence-electron chi connectivity index (χ3n) is 3.30. The Balaban J connectivity index is 2.02. The zero-order valence-corrected chi connectivity index (χ0v) is 12.8. The second-order valence-electron chi connectivity index (χ2n) is 4.75. The van der Waals surface area contributed by atoms with E-state index in [1.54, 1.807) is 11.3 Å². The van der Waals surface area contributed by atoms with Gasteiger partial charge in [-0.2, -0.15) is 0 Å². The van der Waals surface area contributed by atoms with Crippen molar-refractivity contribution in [2.45, 2.75) is 38.6 Å². The number of hydrogen-bond donors (Lipinski definition) is 2. The van der Waals surface area contributed by atoms with E-state index >= 15 is 0 Å². The maximum absolute atomic E-state index is 11.2. The molecule has 2 heterocycles. The molecular weight excluding hydrogens is 274 g/mol. The first-order valence-corrected chi connectivity index (χ1v) is 7.84. The Hall–Kier alpha value is -1.56. The van der Waals surface area contributed by atoms with E-state index in [-0.39, 0.29) is 6.04 Å². The monoisotopic (exact) mass is 295 g/mol. The highest BCUT2D eigenvalue weighted by molar-refractivity contribution is 7.10. The van der Waals surface area contributed by atoms with Gasteiger partial charge in [-0.3, -0.25) is 10.3 Å². The van der Waals surface area contributed by atoms with Gasteiger partial charge in [0.15, 0.2) is 0 Å². The van der Waals surface area contributed by atoms with Crippen molar-refractivity contribution in [3.8, 4) is 0 Å². The Morgan fingerprint density at radius 1 is 1.65 bits per heavy atom. The average molecular weight is 295 g/mol. The van der Waals surface area contributed by atoms with E-state index in [1.165, 1.54) is 30.4 Å². The van der Waals surface area contributed by atoms with E-state index in [1.807, 2.05) is 0 Å². The van der Waals surface area contributed by atoms with E-state index in [0.29, 0.717) is 12.5 Å². The first-order chi connectivity index (χ1) is 9.74. The van der Waals surface area contributed by atoms with Crippen LogP contribution in [0.1, 0.15) is 42.7 Å². The third kappa shape index (κ3) is 3.72. The summed E-state index contributed by atoms with van der Waals surface area (Å²) in [6.07, 6.45) is 3.98. The zero-order valence-electron chi connectivity index (χ0n) is 11.9. The number of carbonyl (C=O) groups is 1. The fourth-order valence-electron chi connectivity index (χ4n) is 2.24. The first-order valence-electron chi connectivity index (χ1n) is 6.96. The topological polar surface area (TPSA) is 62.7 Å². The molecule has 1 unspecified atom stereocenters. The van der Waals surface area contributed by atoms with E-state index < -0.39 is 6.09 Å². The molecule has 0 bridgehead atoms. The molecule has 0 radical (unpaired) electrons. The van der Waals surface area contributed by atoms with Gasteiger partial charge in [0.1, 0.15) is 0 Å². The summed E-state index contributed by atoms with van der Waals surface area (Å²) in [6, 6.07) is 2.43. The van der Waals surface area contributed by atoms with Gasteiger partial charge in [-0.15, -0.1) is 11.3 Å². The highest BCUT2D eigenvalue weighted by atomic mass is 32.1. The molecule has 0 spiro atoms. The van der Waals surface area contributed by atoms with Crippen LogP contribution in [0, 0.1) is 0 Å². The number of methoxy groups -OCH3 is 1. The number of nitrogens with zero attached hydrogens (tertiary/aromatic N) is 1. The minimum absolute atomic E-state index is 0.228. The SMILES string of the molecule is CCCCc1ccsc1C1CCN=C(NC(=O)OC)N1. The Labute approximate surface area is 123 Å². The second kappa shape index (κ2) is 7.28. The predicted molar refractivity (Wildman–Crippen MR) is 81.3 cm³/mol. The van der Waals surface area contributed by atoms with Gasteiger partial charge in [0.25, 0.3) is 0 Å². The van der Waals surface area contributed by atoms with Gasteiger partial charge in [0.05, 0.1) is 13.2 Å². The number of nitrogens with one attached hydrogen (secondary N) is 2. The van der Waals surface area contributed by atoms with E-state index in [9.17, 15) is 4.79 Å². The summed E-state index contributed by atoms with van der Waals surface area (Å²) in [5, 5.41) is 8.03. The lowest BCUT2D eigenvalue weighted by molar-refractivity contribution is 0.176. The summed E-state index contributed by atoms with van der Waals surface area (Å²) in [5.74, 6) is 0.503. The molecule has 1 atom stereocenters. The molecule has 1 amide bonds. The van der Waals surface area contributed by atoms with Crippen LogP contribution in [0.15, 0.2) is 16.4 Å². The summed E-state index contributed by atoms with van der Waals surface area (Å²) in [4.78, 5) is 16.9. The summed E-state index contributed by atoms with van der Waals surface area (Å²) < 4.78 is 4.59. The van der Waals surface area contributed by atoms with Crippen LogP contribution in [-0.2, 0) is 11.2 Å². The number of hydrogen-bond acceptors (Lipinski definition) is 5. The van der Waals surface area contributed by atoms with Gasteiger partial charge in [0, 0.05) is 11.4 Å². The Kier molecular flexibility index (Phi) is 5.40. The van der Waals surface area contributed by atoms with Crippen LogP contribution in [0.25, 0.3) is 0 Å². The molecule has 1 aliphatic rings. The number of guanidine groups is 1. The highest BCUT2D eigenvalue weighted by Crippen LogP contribution is 2.29. The van der Waals surface area contributed by atoms with E-state index in [0.717, 1.165) is 12.8 Å². The number of aryl methyl sites for hydroxylation is 1. The zero-order chi connectivity index (χ0) is 14.4. The van der Waals surface area contributed by atoms with Crippen molar-refractivity contribution in [2.75, 3.05) is 13.7 Å². The molecule has 5 nitrogen and oxygen atoms in total. The number of aliphatic imine (C=N–C) groups is 1. The second-order valence-corrected chi connectivity index (χ2v) is 5.69. The predicted octanol–water partition coefficient (Wildman–Crippen LogP) is 2.84. The molecule has 1 aliphatic heterocycles. The molecule has 6 heteroatoms. The molecular formula is C14H21N3O2S. The largest absolute Gasteiger partial charge is 0.453 e. The van der Waals surface area contributed by atoms with Crippen molar-refractivity contribution in [3.05, 3.63) is 21.9 Å². The quantitative estimate of drug-likeness (QED) is 0.898. The number of unbranched alkanes of at least 4 members (excludes halogenated alkanes) is 1. The Morgan fingerprint density at radius 2 is 2.50 bits per heavy atom. The van der Waals surface area contributed by atoms with Crippen LogP contribution in [-0.4, -0.2) is 25.7 Å². The number of carbonyl (C=O) groups excluding carboxylic acids is 1. The summed E-state index contributed by atoms with van der Waals surface area (Å²) >= 11 is 1.77. The fraction of sp³-hybridized carbons (Fsp3) is 0.571. The van der Waals surface area contributed by atoms with Crippen LogP contribution in [0.4, 0.5) is 4.79 Å². The molecule has 110 valence electrons. The molecule has 0 fully saturated rings. The number of alkyl carbamates (subject to hydrolysis) is 1. The molecule has 1 aromatic heterocycles. The first kappa shape index (κ1) is 14.8. The minimum atomic E-state index is -0.491. The third-order valence-corrected chi connectivity index (χ3v) is 4.37. The summed E-state index contributed by atoms with van der Waals surface area (Å²) in [5.41, 5.74) is 1.41. The lowest BCUT2D eigenvalue weighted by Crippen LogP contribution is -2.45. The fourth-order valence-corrected chi connectivity index (χ4v) is 3.28. The molecule has 20 heavy (non-hydrogen) atoms. The van der Waals surface area contributed by atoms with Crippen molar-refractivity contribution in [3.63, 3.8) is 0 Å². The molecule has 2 rings (SSSR count). The number of thiophene rings is 1. The lowest BCUT2D eigenvalue weighted by atomic mass is 10.0. The van der Waals surface area contributed by atoms with Gasteiger partial charge < -0.3 is 10.1 Å². The van der Waals surface area contributed by atoms with Gasteiger partial charge >= 0.3 is 6.09 Å². The van der Waals surface area contributed by atoms with Crippen LogP contribution in [0.5, 0.6) is 0 Å². The molecule has 1 aromatic rings. The molecule has 0 saturated carbocycles. The summed E-state index contributed by atoms with van der Waals surface area (Å²) in [7, 11) is 1.35. The van der Waals surface area contributed by atoms with Crippen LogP contribution in [0.3, 0.4) is 0 Å². The van der Waals surface area contributed by atoms with Gasteiger partial charge in [-0.1, -0.05) is 13.3 Å². The number of ether oxygens (including phenoxy) is 1. The molecule has 0 saturated heterocycles. The molecule has 0 aliphatic carbocycles. The molecule has 2 N–H and O–H groups in total. The lowest BCUT2D eigenvalue weighted by Gasteiger charge is -2.24. The highest BCUT2D eigenvalue weighted by Gasteiger charge is 2.22. The normalized spacial score (nSPS) is 18.1. The maximum atomic E-state index is 11.2. The van der Waals surface area contributed by atoms with E-state index in [4.69, 9.17) is 0 Å². The van der Waals surface area contributed by atoms with Crippen molar-refractivity contribution < 1.29 is 9.53 Å². The smallest absolute Gasteiger partial charge is 0.413 e. The Bertz CT molecular complexity index is 485. The average Bonchev–Trinajstić information content (AvgIpc) is 2.93. The van der Waals surface area contributed by atoms with Crippen molar-refractivity contribution in [2.24, 2.45) is 4.99 Å². The van der Waals surface area contributed by atoms with Crippen LogP contribution in [0.2, 0.25) is 0 Å². The Morgan fingerprint density at radius 3 is 3.25 bits per heavy atom. The minimum Gasteiger partial charge on any atom is -0.453 e. The standard InChI is InChI=1S/C14H21N3O2S/c1-3-4-5-10-7-9-20-12(10)11-6-8-15-13(16-11)17-14(18)19-2/h7,9,11H,3-6,8H2,1-2H3,(H2,15,16,17,18). The van der Waals surface area contributed by atoms with Gasteiger partial charge in [-0.25, -0.2) is 4.79 Å². The van der Waals surface area contributed by atoms with E-state index in [2.05, 4.69) is 38.7 Å². The van der Waals surface area contributed by atoms with Crippen molar-refractivity contribution in [1.82, 2.24) is 10.6 Å². The molecule has 0 aromatic carbocycles.